The summed E-state index contributed by atoms with van der Waals surface area (Å²) in [6.07, 6.45) is 4.08. The fraction of sp³-hybridized carbons (Fsp3) is 0.833. The second kappa shape index (κ2) is 8.71. The second-order valence-corrected chi connectivity index (χ2v) is 4.66. The van der Waals surface area contributed by atoms with E-state index in [2.05, 4.69) is 10.6 Å². The van der Waals surface area contributed by atoms with Crippen LogP contribution < -0.4 is 10.6 Å². The number of hydrogen-bond acceptors (Lipinski definition) is 4. The van der Waals surface area contributed by atoms with Crippen molar-refractivity contribution in [3.63, 3.8) is 0 Å². The first kappa shape index (κ1) is 15.7. The molecule has 2 amide bonds. The Kier molecular flexibility index (Phi) is 7.20. The summed E-state index contributed by atoms with van der Waals surface area (Å²) in [6, 6.07) is -0.563. The van der Waals surface area contributed by atoms with Gasteiger partial charge in [0, 0.05) is 6.54 Å². The van der Waals surface area contributed by atoms with Crippen LogP contribution in [-0.2, 0) is 9.53 Å². The van der Waals surface area contributed by atoms with Gasteiger partial charge in [0.05, 0.1) is 18.8 Å². The summed E-state index contributed by atoms with van der Waals surface area (Å²) in [7, 11) is 0. The molecule has 1 saturated carbocycles. The maximum Gasteiger partial charge on any atom is 0.329 e. The van der Waals surface area contributed by atoms with Crippen molar-refractivity contribution >= 4 is 12.0 Å². The summed E-state index contributed by atoms with van der Waals surface area (Å²) in [5.74, 6) is -1.04. The van der Waals surface area contributed by atoms with E-state index in [0.29, 0.717) is 6.42 Å². The molecule has 0 spiro atoms. The molecule has 1 rings (SSSR count). The van der Waals surface area contributed by atoms with Crippen LogP contribution in [0.1, 0.15) is 32.1 Å². The summed E-state index contributed by atoms with van der Waals surface area (Å²) >= 11 is 0. The van der Waals surface area contributed by atoms with Crippen LogP contribution in [0.25, 0.3) is 0 Å². The maximum atomic E-state index is 11.6. The van der Waals surface area contributed by atoms with Crippen LogP contribution >= 0.6 is 0 Å². The van der Waals surface area contributed by atoms with E-state index < -0.39 is 12.1 Å². The summed E-state index contributed by atoms with van der Waals surface area (Å²) in [5.41, 5.74) is 0. The summed E-state index contributed by atoms with van der Waals surface area (Å²) < 4.78 is 4.79. The van der Waals surface area contributed by atoms with Crippen LogP contribution in [0, 0.1) is 0 Å². The zero-order valence-electron chi connectivity index (χ0n) is 10.9. The van der Waals surface area contributed by atoms with Gasteiger partial charge in [-0.3, -0.25) is 0 Å². The third-order valence-electron chi connectivity index (χ3n) is 3.05. The fourth-order valence-corrected chi connectivity index (χ4v) is 2.07. The standard InChI is InChI=1S/C12H22N2O5/c15-10-5-3-1-2-4-9(10)14-12(18)13-6-7-19-8-11(16)17/h9-10,15H,1-8H2,(H,16,17)(H2,13,14,18). The van der Waals surface area contributed by atoms with Gasteiger partial charge in [0.15, 0.2) is 0 Å². The van der Waals surface area contributed by atoms with Crippen molar-refractivity contribution in [3.8, 4) is 0 Å². The lowest BCUT2D eigenvalue weighted by Crippen LogP contribution is -2.47. The Morgan fingerprint density at radius 1 is 1.21 bits per heavy atom. The third kappa shape index (κ3) is 6.97. The van der Waals surface area contributed by atoms with Gasteiger partial charge in [-0.25, -0.2) is 9.59 Å². The number of urea groups is 1. The minimum atomic E-state index is -1.04. The number of amides is 2. The van der Waals surface area contributed by atoms with Crippen molar-refractivity contribution < 1.29 is 24.5 Å². The van der Waals surface area contributed by atoms with Gasteiger partial charge >= 0.3 is 12.0 Å². The molecule has 7 heteroatoms. The molecule has 19 heavy (non-hydrogen) atoms. The highest BCUT2D eigenvalue weighted by Gasteiger charge is 2.22. The zero-order chi connectivity index (χ0) is 14.1. The number of carboxylic acid groups (broad SMARTS) is 1. The molecule has 1 aliphatic rings. The molecule has 1 fully saturated rings. The van der Waals surface area contributed by atoms with Gasteiger partial charge < -0.3 is 25.6 Å². The van der Waals surface area contributed by atoms with Gasteiger partial charge in [-0.15, -0.1) is 0 Å². The number of rotatable bonds is 6. The molecule has 1 aliphatic carbocycles. The molecular formula is C12H22N2O5. The van der Waals surface area contributed by atoms with Crippen LogP contribution in [0.4, 0.5) is 4.79 Å². The van der Waals surface area contributed by atoms with Gasteiger partial charge in [-0.2, -0.15) is 0 Å². The Morgan fingerprint density at radius 2 is 1.95 bits per heavy atom. The highest BCUT2D eigenvalue weighted by molar-refractivity contribution is 5.74. The number of aliphatic hydroxyl groups is 1. The molecule has 0 aromatic carbocycles. The largest absolute Gasteiger partial charge is 0.480 e. The maximum absolute atomic E-state index is 11.6. The SMILES string of the molecule is O=C(O)COCCNC(=O)NC1CCCCCC1O. The zero-order valence-corrected chi connectivity index (χ0v) is 10.9. The lowest BCUT2D eigenvalue weighted by Gasteiger charge is -2.21. The molecule has 0 aromatic rings. The summed E-state index contributed by atoms with van der Waals surface area (Å²) in [5, 5.41) is 23.5. The van der Waals surface area contributed by atoms with E-state index in [1.165, 1.54) is 0 Å². The quantitative estimate of drug-likeness (QED) is 0.405. The Morgan fingerprint density at radius 3 is 2.68 bits per heavy atom. The Bertz CT molecular complexity index is 298. The van der Waals surface area contributed by atoms with Gasteiger partial charge in [0.2, 0.25) is 0 Å². The molecule has 4 N–H and O–H groups in total. The van der Waals surface area contributed by atoms with Crippen molar-refractivity contribution in [2.45, 2.75) is 44.2 Å². The molecule has 0 aromatic heterocycles. The number of carboxylic acids is 1. The molecule has 0 aliphatic heterocycles. The van der Waals surface area contributed by atoms with Gasteiger partial charge in [0.25, 0.3) is 0 Å². The lowest BCUT2D eigenvalue weighted by molar-refractivity contribution is -0.142. The molecule has 2 atom stereocenters. The number of aliphatic hydroxyl groups excluding tert-OH is 1. The molecule has 0 radical (unpaired) electrons. The highest BCUT2D eigenvalue weighted by Crippen LogP contribution is 2.17. The predicted octanol–water partition coefficient (Wildman–Crippen LogP) is 0.0804. The monoisotopic (exact) mass is 274 g/mol. The third-order valence-corrected chi connectivity index (χ3v) is 3.05. The van der Waals surface area contributed by atoms with E-state index in [-0.39, 0.29) is 31.8 Å². The van der Waals surface area contributed by atoms with E-state index in [9.17, 15) is 14.7 Å². The molecule has 110 valence electrons. The normalized spacial score (nSPS) is 23.4. The Labute approximate surface area is 112 Å². The van der Waals surface area contributed by atoms with Gasteiger partial charge in [-0.05, 0) is 12.8 Å². The average Bonchev–Trinajstić information content (AvgIpc) is 2.54. The van der Waals surface area contributed by atoms with Crippen molar-refractivity contribution in [2.75, 3.05) is 19.8 Å². The van der Waals surface area contributed by atoms with E-state index in [0.717, 1.165) is 25.7 Å². The molecule has 2 unspecified atom stereocenters. The molecule has 0 heterocycles. The van der Waals surface area contributed by atoms with Crippen molar-refractivity contribution in [1.29, 1.82) is 0 Å². The van der Waals surface area contributed by atoms with Crippen molar-refractivity contribution in [2.24, 2.45) is 0 Å². The van der Waals surface area contributed by atoms with Crippen LogP contribution in [0.5, 0.6) is 0 Å². The van der Waals surface area contributed by atoms with Gasteiger partial charge in [-0.1, -0.05) is 19.3 Å². The molecule has 0 bridgehead atoms. The second-order valence-electron chi connectivity index (χ2n) is 4.66. The first-order valence-electron chi connectivity index (χ1n) is 6.61. The molecule has 0 saturated heterocycles. The highest BCUT2D eigenvalue weighted by atomic mass is 16.5. The summed E-state index contributed by atoms with van der Waals surface area (Å²) in [6.45, 7) is 0.0134. The van der Waals surface area contributed by atoms with E-state index >= 15 is 0 Å². The number of hydrogen-bond donors (Lipinski definition) is 4. The summed E-state index contributed by atoms with van der Waals surface area (Å²) in [4.78, 5) is 21.7. The Balaban J connectivity index is 2.13. The predicted molar refractivity (Wildman–Crippen MR) is 67.9 cm³/mol. The number of aliphatic carboxylic acids is 1. The molecular weight excluding hydrogens is 252 g/mol. The van der Waals surface area contributed by atoms with Crippen molar-refractivity contribution in [3.05, 3.63) is 0 Å². The lowest BCUT2D eigenvalue weighted by atomic mass is 10.1. The number of nitrogens with one attached hydrogen (secondary N) is 2. The van der Waals surface area contributed by atoms with E-state index in [1.54, 1.807) is 0 Å². The minimum absolute atomic E-state index is 0.146. The molecule has 7 nitrogen and oxygen atoms in total. The van der Waals surface area contributed by atoms with E-state index in [4.69, 9.17) is 9.84 Å². The van der Waals surface area contributed by atoms with Crippen LogP contribution in [-0.4, -0.2) is 54.1 Å². The number of ether oxygens (including phenoxy) is 1. The topological polar surface area (TPSA) is 108 Å². The van der Waals surface area contributed by atoms with E-state index in [1.807, 2.05) is 0 Å². The smallest absolute Gasteiger partial charge is 0.329 e. The first-order valence-corrected chi connectivity index (χ1v) is 6.61. The first-order chi connectivity index (χ1) is 9.09. The fourth-order valence-electron chi connectivity index (χ4n) is 2.07. The van der Waals surface area contributed by atoms with Crippen LogP contribution in [0.15, 0.2) is 0 Å². The van der Waals surface area contributed by atoms with Gasteiger partial charge in [0.1, 0.15) is 6.61 Å². The number of carbonyl (C=O) groups is 2. The van der Waals surface area contributed by atoms with Crippen LogP contribution in [0.2, 0.25) is 0 Å². The van der Waals surface area contributed by atoms with Crippen LogP contribution in [0.3, 0.4) is 0 Å². The average molecular weight is 274 g/mol. The Hall–Kier alpha value is -1.34. The minimum Gasteiger partial charge on any atom is -0.480 e. The number of carbonyl (C=O) groups excluding carboxylic acids is 1. The van der Waals surface area contributed by atoms with Crippen molar-refractivity contribution in [1.82, 2.24) is 10.6 Å².